The second kappa shape index (κ2) is 8.80. The maximum absolute atomic E-state index is 12.1. The summed E-state index contributed by atoms with van der Waals surface area (Å²) in [7, 11) is 0. The molecule has 1 rings (SSSR count). The Kier molecular flexibility index (Phi) is 7.40. The maximum atomic E-state index is 12.1. The summed E-state index contributed by atoms with van der Waals surface area (Å²) in [6, 6.07) is 6.44. The van der Waals surface area contributed by atoms with Gasteiger partial charge in [0.15, 0.2) is 0 Å². The molecule has 5 nitrogen and oxygen atoms in total. The highest BCUT2D eigenvalue weighted by atomic mass is 79.9. The number of hydrogen-bond donors (Lipinski definition) is 2. The smallest absolute Gasteiger partial charge is 0.252 e. The summed E-state index contributed by atoms with van der Waals surface area (Å²) in [6.07, 6.45) is 2.19. The first-order chi connectivity index (χ1) is 9.93. The van der Waals surface area contributed by atoms with Crippen LogP contribution >= 0.6 is 31.9 Å². The maximum Gasteiger partial charge on any atom is 0.252 e. The van der Waals surface area contributed by atoms with E-state index in [4.69, 9.17) is 11.0 Å². The minimum Gasteiger partial charge on any atom is -0.368 e. The zero-order chi connectivity index (χ0) is 15.8. The SMILES string of the molecule is N#CCCCC[C@@H](NC(=O)c1cc(Br)cc(Br)c1)C(N)=O. The van der Waals surface area contributed by atoms with Crippen molar-refractivity contribution in [1.29, 1.82) is 5.26 Å². The van der Waals surface area contributed by atoms with Gasteiger partial charge in [0.1, 0.15) is 6.04 Å². The predicted octanol–water partition coefficient (Wildman–Crippen LogP) is 2.88. The molecular weight excluding hydrogens is 402 g/mol. The molecule has 0 spiro atoms. The van der Waals surface area contributed by atoms with Crippen LogP contribution in [0.2, 0.25) is 0 Å². The standard InChI is InChI=1S/C14H15Br2N3O2/c15-10-6-9(7-11(16)8-10)14(21)19-12(13(18)20)4-2-1-3-5-17/h6-8,12H,1-4H2,(H2,18,20)(H,19,21)/t12-/m1/s1. The van der Waals surface area contributed by atoms with Gasteiger partial charge in [-0.3, -0.25) is 9.59 Å². The molecule has 7 heteroatoms. The molecule has 0 heterocycles. The molecule has 3 N–H and O–H groups in total. The number of nitriles is 1. The second-order valence-electron chi connectivity index (χ2n) is 4.49. The lowest BCUT2D eigenvalue weighted by atomic mass is 10.1. The molecule has 21 heavy (non-hydrogen) atoms. The summed E-state index contributed by atoms with van der Waals surface area (Å²) < 4.78 is 1.51. The molecule has 0 aliphatic carbocycles. The third kappa shape index (κ3) is 6.27. The van der Waals surface area contributed by atoms with Gasteiger partial charge in [0, 0.05) is 20.9 Å². The second-order valence-corrected chi connectivity index (χ2v) is 6.32. The molecule has 1 aromatic rings. The number of halogens is 2. The van der Waals surface area contributed by atoms with Crippen LogP contribution in [0.1, 0.15) is 36.0 Å². The third-order valence-corrected chi connectivity index (χ3v) is 3.72. The molecule has 0 aromatic heterocycles. The van der Waals surface area contributed by atoms with Gasteiger partial charge < -0.3 is 11.1 Å². The van der Waals surface area contributed by atoms with Crippen molar-refractivity contribution in [1.82, 2.24) is 5.32 Å². The lowest BCUT2D eigenvalue weighted by Crippen LogP contribution is -2.44. The van der Waals surface area contributed by atoms with Gasteiger partial charge in [-0.15, -0.1) is 0 Å². The molecule has 0 radical (unpaired) electrons. The lowest BCUT2D eigenvalue weighted by Gasteiger charge is -2.15. The van der Waals surface area contributed by atoms with E-state index in [1.165, 1.54) is 0 Å². The van der Waals surface area contributed by atoms with Crippen LogP contribution in [-0.2, 0) is 4.79 Å². The van der Waals surface area contributed by atoms with E-state index in [0.29, 0.717) is 31.2 Å². The van der Waals surface area contributed by atoms with Gasteiger partial charge in [-0.25, -0.2) is 0 Å². The third-order valence-electron chi connectivity index (χ3n) is 2.80. The van der Waals surface area contributed by atoms with Gasteiger partial charge in [0.2, 0.25) is 5.91 Å². The summed E-state index contributed by atoms with van der Waals surface area (Å²) >= 11 is 6.61. The molecule has 112 valence electrons. The highest BCUT2D eigenvalue weighted by Crippen LogP contribution is 2.20. The number of carbonyl (C=O) groups is 2. The quantitative estimate of drug-likeness (QED) is 0.668. The zero-order valence-electron chi connectivity index (χ0n) is 11.2. The van der Waals surface area contributed by atoms with Crippen molar-refractivity contribution in [2.24, 2.45) is 5.73 Å². The van der Waals surface area contributed by atoms with E-state index in [1.807, 2.05) is 12.1 Å². The van der Waals surface area contributed by atoms with Crippen molar-refractivity contribution < 1.29 is 9.59 Å². The molecular formula is C14H15Br2N3O2. The molecule has 0 saturated carbocycles. The van der Waals surface area contributed by atoms with Crippen LogP contribution < -0.4 is 11.1 Å². The Bertz CT molecular complexity index is 550. The van der Waals surface area contributed by atoms with Crippen LogP contribution in [0.4, 0.5) is 0 Å². The Morgan fingerprint density at radius 1 is 1.24 bits per heavy atom. The van der Waals surface area contributed by atoms with E-state index in [2.05, 4.69) is 37.2 Å². The number of benzene rings is 1. The fourth-order valence-electron chi connectivity index (χ4n) is 1.76. The number of amides is 2. The lowest BCUT2D eigenvalue weighted by molar-refractivity contribution is -0.120. The fourth-order valence-corrected chi connectivity index (χ4v) is 3.06. The number of primary amides is 1. The minimum absolute atomic E-state index is 0.360. The Morgan fingerprint density at radius 2 is 1.86 bits per heavy atom. The average Bonchev–Trinajstić information content (AvgIpc) is 2.40. The Morgan fingerprint density at radius 3 is 2.38 bits per heavy atom. The number of rotatable bonds is 7. The van der Waals surface area contributed by atoms with E-state index < -0.39 is 11.9 Å². The number of nitrogens with two attached hydrogens (primary N) is 1. The number of nitrogens with zero attached hydrogens (tertiary/aromatic N) is 1. The van der Waals surface area contributed by atoms with Crippen LogP contribution in [0.15, 0.2) is 27.1 Å². The van der Waals surface area contributed by atoms with Gasteiger partial charge in [0.05, 0.1) is 6.07 Å². The van der Waals surface area contributed by atoms with Gasteiger partial charge in [-0.2, -0.15) is 5.26 Å². The van der Waals surface area contributed by atoms with Gasteiger partial charge >= 0.3 is 0 Å². The van der Waals surface area contributed by atoms with Crippen molar-refractivity contribution in [3.63, 3.8) is 0 Å². The molecule has 1 aromatic carbocycles. The highest BCUT2D eigenvalue weighted by molar-refractivity contribution is 9.11. The first-order valence-electron chi connectivity index (χ1n) is 6.37. The van der Waals surface area contributed by atoms with Crippen molar-refractivity contribution in [3.8, 4) is 6.07 Å². The summed E-state index contributed by atoms with van der Waals surface area (Å²) in [5.74, 6) is -0.935. The minimum atomic E-state index is -0.728. The molecule has 2 amide bonds. The predicted molar refractivity (Wildman–Crippen MR) is 86.4 cm³/mol. The molecule has 0 fully saturated rings. The van der Waals surface area contributed by atoms with Crippen LogP contribution in [0.5, 0.6) is 0 Å². The van der Waals surface area contributed by atoms with E-state index in [0.717, 1.165) is 8.95 Å². The van der Waals surface area contributed by atoms with Crippen LogP contribution in [0.25, 0.3) is 0 Å². The summed E-state index contributed by atoms with van der Waals surface area (Å²) in [5, 5.41) is 11.1. The van der Waals surface area contributed by atoms with E-state index in [9.17, 15) is 9.59 Å². The van der Waals surface area contributed by atoms with E-state index in [1.54, 1.807) is 12.1 Å². The van der Waals surface area contributed by atoms with Gasteiger partial charge in [-0.1, -0.05) is 31.9 Å². The highest BCUT2D eigenvalue weighted by Gasteiger charge is 2.18. The summed E-state index contributed by atoms with van der Waals surface area (Å²) in [5.41, 5.74) is 5.73. The fraction of sp³-hybridized carbons (Fsp3) is 0.357. The monoisotopic (exact) mass is 415 g/mol. The van der Waals surface area contributed by atoms with Crippen molar-refractivity contribution in [2.75, 3.05) is 0 Å². The van der Waals surface area contributed by atoms with Crippen molar-refractivity contribution >= 4 is 43.7 Å². The Labute approximate surface area is 140 Å². The van der Waals surface area contributed by atoms with Crippen molar-refractivity contribution in [2.45, 2.75) is 31.7 Å². The normalized spacial score (nSPS) is 11.5. The van der Waals surface area contributed by atoms with Crippen molar-refractivity contribution in [3.05, 3.63) is 32.7 Å². The van der Waals surface area contributed by atoms with Crippen LogP contribution in [0.3, 0.4) is 0 Å². The zero-order valence-corrected chi connectivity index (χ0v) is 14.4. The Balaban J connectivity index is 2.68. The van der Waals surface area contributed by atoms with Gasteiger partial charge in [0.25, 0.3) is 5.91 Å². The largest absolute Gasteiger partial charge is 0.368 e. The number of carbonyl (C=O) groups excluding carboxylic acids is 2. The molecule has 0 bridgehead atoms. The summed E-state index contributed by atoms with van der Waals surface area (Å²) in [4.78, 5) is 23.5. The van der Waals surface area contributed by atoms with Crippen LogP contribution in [0, 0.1) is 11.3 Å². The first kappa shape index (κ1) is 17.7. The number of nitrogens with one attached hydrogen (secondary N) is 1. The summed E-state index contributed by atoms with van der Waals surface area (Å²) in [6.45, 7) is 0. The number of unbranched alkanes of at least 4 members (excludes halogenated alkanes) is 2. The molecule has 0 aliphatic heterocycles. The molecule has 0 saturated heterocycles. The first-order valence-corrected chi connectivity index (χ1v) is 7.96. The topological polar surface area (TPSA) is 96.0 Å². The van der Waals surface area contributed by atoms with Crippen LogP contribution in [-0.4, -0.2) is 17.9 Å². The Hall–Kier alpha value is -1.39. The molecule has 0 unspecified atom stereocenters. The molecule has 1 atom stereocenters. The number of hydrogen-bond acceptors (Lipinski definition) is 3. The van der Waals surface area contributed by atoms with Gasteiger partial charge in [-0.05, 0) is 37.5 Å². The average molecular weight is 417 g/mol. The van der Waals surface area contributed by atoms with E-state index in [-0.39, 0.29) is 5.91 Å². The van der Waals surface area contributed by atoms with E-state index >= 15 is 0 Å². The molecule has 0 aliphatic rings.